The van der Waals surface area contributed by atoms with Crippen molar-refractivity contribution in [2.24, 2.45) is 0 Å². The molecule has 0 amide bonds. The van der Waals surface area contributed by atoms with Crippen LogP contribution in [0, 0.1) is 0 Å². The summed E-state index contributed by atoms with van der Waals surface area (Å²) in [4.78, 5) is 0. The Kier molecular flexibility index (Phi) is 16.4. The van der Waals surface area contributed by atoms with Crippen LogP contribution >= 0.6 is 0 Å². The minimum absolute atomic E-state index is 0. The van der Waals surface area contributed by atoms with Crippen LogP contribution in [0.4, 0.5) is 0 Å². The molecule has 2 nitrogen and oxygen atoms in total. The number of unbranched alkanes of at least 4 members (excludes halogenated alkanes) is 7. The molecule has 0 fully saturated rings. The molecule has 0 aliphatic carbocycles. The van der Waals surface area contributed by atoms with Crippen molar-refractivity contribution < 1.29 is 33.6 Å². The number of halogens is 1. The Balaban J connectivity index is 0. The van der Waals surface area contributed by atoms with Crippen molar-refractivity contribution in [3.63, 3.8) is 0 Å². The van der Waals surface area contributed by atoms with Gasteiger partial charge in [-0.2, -0.15) is 0 Å². The zero-order valence-electron chi connectivity index (χ0n) is 12.8. The third-order valence-corrected chi connectivity index (χ3v) is 3.54. The van der Waals surface area contributed by atoms with E-state index in [9.17, 15) is 0 Å². The lowest BCUT2D eigenvalue weighted by molar-refractivity contribution is -0.890. The average Bonchev–Trinajstić information content (AvgIpc) is 2.28. The summed E-state index contributed by atoms with van der Waals surface area (Å²) in [5.41, 5.74) is 0. The van der Waals surface area contributed by atoms with Gasteiger partial charge in [0.15, 0.2) is 0 Å². The fourth-order valence-electron chi connectivity index (χ4n) is 2.26. The number of hydrogen-bond donors (Lipinski definition) is 1. The van der Waals surface area contributed by atoms with Crippen molar-refractivity contribution in [1.29, 1.82) is 0 Å². The Labute approximate surface area is 132 Å². The summed E-state index contributed by atoms with van der Waals surface area (Å²) >= 11 is 0. The summed E-state index contributed by atoms with van der Waals surface area (Å²) in [7, 11) is 4.63. The highest BCUT2D eigenvalue weighted by molar-refractivity contribution is 4.46. The third kappa shape index (κ3) is 14.7. The van der Waals surface area contributed by atoms with E-state index in [1.54, 1.807) is 0 Å². The van der Waals surface area contributed by atoms with Crippen LogP contribution < -0.4 is 24.0 Å². The summed E-state index contributed by atoms with van der Waals surface area (Å²) < 4.78 is 1.12. The van der Waals surface area contributed by atoms with Gasteiger partial charge in [0.25, 0.3) is 0 Å². The van der Waals surface area contributed by atoms with Crippen LogP contribution in [0.5, 0.6) is 0 Å². The van der Waals surface area contributed by atoms with E-state index in [2.05, 4.69) is 21.0 Å². The molecule has 0 atom stereocenters. The van der Waals surface area contributed by atoms with E-state index in [4.69, 9.17) is 5.11 Å². The molecule has 112 valence electrons. The molecule has 0 spiro atoms. The van der Waals surface area contributed by atoms with Crippen molar-refractivity contribution in [2.45, 2.75) is 64.7 Å². The molecule has 0 unspecified atom stereocenters. The van der Waals surface area contributed by atoms with Gasteiger partial charge >= 0.3 is 0 Å². The predicted molar refractivity (Wildman–Crippen MR) is 76.2 cm³/mol. The van der Waals surface area contributed by atoms with Crippen LogP contribution in [0.3, 0.4) is 0 Å². The first kappa shape index (κ1) is 21.0. The summed E-state index contributed by atoms with van der Waals surface area (Å²) in [6, 6.07) is 0. The molecule has 18 heavy (non-hydrogen) atoms. The maximum Gasteiger partial charge on any atom is 0.0783 e. The zero-order chi connectivity index (χ0) is 13.0. The zero-order valence-corrected chi connectivity index (χ0v) is 14.9. The van der Waals surface area contributed by atoms with Crippen LogP contribution in [0.25, 0.3) is 0 Å². The molecular weight excluding hydrogens is 337 g/mol. The smallest absolute Gasteiger partial charge is 0.0783 e. The van der Waals surface area contributed by atoms with Gasteiger partial charge in [0.1, 0.15) is 0 Å². The number of aliphatic hydroxyl groups excluding tert-OH is 1. The van der Waals surface area contributed by atoms with Crippen molar-refractivity contribution in [1.82, 2.24) is 0 Å². The van der Waals surface area contributed by atoms with Gasteiger partial charge in [-0.15, -0.1) is 0 Å². The summed E-state index contributed by atoms with van der Waals surface area (Å²) in [5, 5.41) is 8.77. The van der Waals surface area contributed by atoms with Crippen LogP contribution in [-0.4, -0.2) is 43.4 Å². The molecule has 0 heterocycles. The minimum atomic E-state index is 0. The second-order valence-electron chi connectivity index (χ2n) is 5.93. The monoisotopic (exact) mass is 371 g/mol. The maximum atomic E-state index is 8.77. The Morgan fingerprint density at radius 1 is 0.722 bits per heavy atom. The number of nitrogens with zero attached hydrogens (tertiary/aromatic N) is 1. The van der Waals surface area contributed by atoms with E-state index in [1.807, 2.05) is 0 Å². The van der Waals surface area contributed by atoms with E-state index in [0.29, 0.717) is 6.61 Å². The summed E-state index contributed by atoms with van der Waals surface area (Å²) in [6.07, 6.45) is 11.9. The minimum Gasteiger partial charge on any atom is -1.00 e. The van der Waals surface area contributed by atoms with Crippen LogP contribution in [-0.2, 0) is 0 Å². The van der Waals surface area contributed by atoms with Gasteiger partial charge in [-0.25, -0.2) is 0 Å². The Morgan fingerprint density at radius 2 is 1.17 bits per heavy atom. The standard InChI is InChI=1S/C15H34NO.HI/c1-4-5-6-7-8-9-10-13-16(2,3)14-11-12-15-17;/h17H,4-15H2,1-3H3;1H/q+1;/p-1. The van der Waals surface area contributed by atoms with Crippen molar-refractivity contribution in [3.8, 4) is 0 Å². The molecule has 0 aromatic carbocycles. The van der Waals surface area contributed by atoms with Crippen molar-refractivity contribution >= 4 is 0 Å². The van der Waals surface area contributed by atoms with Gasteiger partial charge in [0, 0.05) is 6.61 Å². The van der Waals surface area contributed by atoms with Gasteiger partial charge in [0.05, 0.1) is 27.2 Å². The first-order valence-electron chi connectivity index (χ1n) is 7.55. The number of rotatable bonds is 12. The van der Waals surface area contributed by atoms with Gasteiger partial charge in [0.2, 0.25) is 0 Å². The van der Waals surface area contributed by atoms with E-state index in [0.717, 1.165) is 17.3 Å². The van der Waals surface area contributed by atoms with Gasteiger partial charge in [-0.05, 0) is 25.7 Å². The Hall–Kier alpha value is 0.650. The SMILES string of the molecule is CCCCCCCCC[N+](C)(C)CCCCO.[I-]. The highest BCUT2D eigenvalue weighted by atomic mass is 127. The second-order valence-corrected chi connectivity index (χ2v) is 5.93. The third-order valence-electron chi connectivity index (χ3n) is 3.54. The largest absolute Gasteiger partial charge is 1.00 e. The molecule has 0 aromatic heterocycles. The van der Waals surface area contributed by atoms with Gasteiger partial charge < -0.3 is 33.6 Å². The van der Waals surface area contributed by atoms with E-state index in [1.165, 1.54) is 58.0 Å². The molecule has 3 heteroatoms. The number of aliphatic hydroxyl groups is 1. The van der Waals surface area contributed by atoms with E-state index in [-0.39, 0.29) is 24.0 Å². The molecule has 1 N–H and O–H groups in total. The Bertz CT molecular complexity index is 163. The highest BCUT2D eigenvalue weighted by Crippen LogP contribution is 2.10. The molecular formula is C15H34INO. The lowest BCUT2D eigenvalue weighted by Crippen LogP contribution is -3.00. The van der Waals surface area contributed by atoms with Crippen LogP contribution in [0.2, 0.25) is 0 Å². The lowest BCUT2D eigenvalue weighted by atomic mass is 10.1. The number of hydrogen-bond acceptors (Lipinski definition) is 1. The first-order chi connectivity index (χ1) is 8.12. The van der Waals surface area contributed by atoms with E-state index >= 15 is 0 Å². The fraction of sp³-hybridized carbons (Fsp3) is 1.00. The molecule has 0 radical (unpaired) electrons. The second kappa shape index (κ2) is 14.1. The summed E-state index contributed by atoms with van der Waals surface area (Å²) in [5.74, 6) is 0. The molecule has 0 rings (SSSR count). The normalized spacial score (nSPS) is 11.3. The Morgan fingerprint density at radius 3 is 1.67 bits per heavy atom. The van der Waals surface area contributed by atoms with Gasteiger partial charge in [-0.1, -0.05) is 39.0 Å². The fourth-order valence-corrected chi connectivity index (χ4v) is 2.26. The predicted octanol–water partition coefficient (Wildman–Crippen LogP) is 0.590. The maximum absolute atomic E-state index is 8.77. The highest BCUT2D eigenvalue weighted by Gasteiger charge is 2.13. The molecule has 0 saturated carbocycles. The number of quaternary nitrogens is 1. The molecule has 0 aliphatic rings. The van der Waals surface area contributed by atoms with Crippen LogP contribution in [0.15, 0.2) is 0 Å². The van der Waals surface area contributed by atoms with Crippen molar-refractivity contribution in [2.75, 3.05) is 33.8 Å². The average molecular weight is 371 g/mol. The van der Waals surface area contributed by atoms with E-state index < -0.39 is 0 Å². The molecule has 0 bridgehead atoms. The van der Waals surface area contributed by atoms with Crippen LogP contribution in [0.1, 0.15) is 64.7 Å². The molecule has 0 aromatic rings. The molecule has 0 aliphatic heterocycles. The van der Waals surface area contributed by atoms with Gasteiger partial charge in [-0.3, -0.25) is 0 Å². The topological polar surface area (TPSA) is 20.2 Å². The lowest BCUT2D eigenvalue weighted by Gasteiger charge is -2.29. The van der Waals surface area contributed by atoms with Crippen molar-refractivity contribution in [3.05, 3.63) is 0 Å². The molecule has 0 saturated heterocycles. The summed E-state index contributed by atoms with van der Waals surface area (Å²) in [6.45, 7) is 5.11. The first-order valence-corrected chi connectivity index (χ1v) is 7.55. The quantitative estimate of drug-likeness (QED) is 0.303.